The standard InChI is InChI=1S/C16H19BrN2O/c1-4-12(3)19-6-5-15(18-19)10-16(20)13-7-11(2)8-14(17)9-13/h5-9,12H,4,10H2,1-3H3. The van der Waals surface area contributed by atoms with Gasteiger partial charge in [-0.3, -0.25) is 9.48 Å². The Balaban J connectivity index is 2.13. The van der Waals surface area contributed by atoms with E-state index in [0.717, 1.165) is 27.7 Å². The molecule has 2 aromatic rings. The quantitative estimate of drug-likeness (QED) is 0.762. The zero-order chi connectivity index (χ0) is 14.7. The van der Waals surface area contributed by atoms with E-state index in [2.05, 4.69) is 34.9 Å². The molecule has 0 amide bonds. The molecule has 0 fully saturated rings. The molecule has 1 unspecified atom stereocenters. The van der Waals surface area contributed by atoms with Crippen molar-refractivity contribution in [3.8, 4) is 0 Å². The van der Waals surface area contributed by atoms with Crippen LogP contribution < -0.4 is 0 Å². The number of hydrogen-bond donors (Lipinski definition) is 0. The fourth-order valence-electron chi connectivity index (χ4n) is 2.07. The summed E-state index contributed by atoms with van der Waals surface area (Å²) in [5.41, 5.74) is 2.63. The summed E-state index contributed by atoms with van der Waals surface area (Å²) in [6, 6.07) is 8.07. The van der Waals surface area contributed by atoms with E-state index in [1.54, 1.807) is 0 Å². The number of carbonyl (C=O) groups excluding carboxylic acids is 1. The van der Waals surface area contributed by atoms with Gasteiger partial charge in [-0.05, 0) is 50.1 Å². The number of Topliss-reactive ketones (excluding diaryl/α,β-unsaturated/α-hetero) is 1. The highest BCUT2D eigenvalue weighted by Gasteiger charge is 2.11. The molecular weight excluding hydrogens is 316 g/mol. The van der Waals surface area contributed by atoms with Crippen LogP contribution in [-0.2, 0) is 6.42 Å². The summed E-state index contributed by atoms with van der Waals surface area (Å²) in [6.45, 7) is 6.23. The predicted molar refractivity (Wildman–Crippen MR) is 84.1 cm³/mol. The molecule has 3 nitrogen and oxygen atoms in total. The second kappa shape index (κ2) is 6.35. The van der Waals surface area contributed by atoms with Crippen LogP contribution in [0.15, 0.2) is 34.9 Å². The molecule has 0 bridgehead atoms. The molecule has 0 aliphatic carbocycles. The highest BCUT2D eigenvalue weighted by atomic mass is 79.9. The smallest absolute Gasteiger partial charge is 0.168 e. The zero-order valence-electron chi connectivity index (χ0n) is 12.1. The fourth-order valence-corrected chi connectivity index (χ4v) is 2.68. The van der Waals surface area contributed by atoms with Gasteiger partial charge in [0.2, 0.25) is 0 Å². The summed E-state index contributed by atoms with van der Waals surface area (Å²) >= 11 is 3.43. The summed E-state index contributed by atoms with van der Waals surface area (Å²) in [6.07, 6.45) is 3.32. The van der Waals surface area contributed by atoms with Gasteiger partial charge in [0.05, 0.1) is 12.1 Å². The average Bonchev–Trinajstić information content (AvgIpc) is 2.85. The molecule has 0 N–H and O–H groups in total. The first-order chi connectivity index (χ1) is 9.49. The molecule has 20 heavy (non-hydrogen) atoms. The molecule has 4 heteroatoms. The number of aromatic nitrogens is 2. The van der Waals surface area contributed by atoms with Crippen molar-refractivity contribution in [3.63, 3.8) is 0 Å². The van der Waals surface area contributed by atoms with Crippen LogP contribution in [0.4, 0.5) is 0 Å². The van der Waals surface area contributed by atoms with Gasteiger partial charge in [0.15, 0.2) is 5.78 Å². The van der Waals surface area contributed by atoms with Crippen LogP contribution in [0.5, 0.6) is 0 Å². The van der Waals surface area contributed by atoms with Gasteiger partial charge in [-0.2, -0.15) is 5.10 Å². The van der Waals surface area contributed by atoms with Gasteiger partial charge in [0, 0.05) is 22.3 Å². The van der Waals surface area contributed by atoms with E-state index in [4.69, 9.17) is 0 Å². The Hall–Kier alpha value is -1.42. The van der Waals surface area contributed by atoms with Crippen LogP contribution in [0, 0.1) is 6.92 Å². The van der Waals surface area contributed by atoms with Crippen LogP contribution in [0.25, 0.3) is 0 Å². The molecule has 0 saturated heterocycles. The van der Waals surface area contributed by atoms with Gasteiger partial charge < -0.3 is 0 Å². The lowest BCUT2D eigenvalue weighted by atomic mass is 10.0. The minimum atomic E-state index is 0.101. The number of hydrogen-bond acceptors (Lipinski definition) is 2. The van der Waals surface area contributed by atoms with Gasteiger partial charge in [0.1, 0.15) is 0 Å². The van der Waals surface area contributed by atoms with Crippen molar-refractivity contribution in [1.82, 2.24) is 9.78 Å². The largest absolute Gasteiger partial charge is 0.294 e. The average molecular weight is 335 g/mol. The van der Waals surface area contributed by atoms with Gasteiger partial charge in [-0.25, -0.2) is 0 Å². The third-order valence-electron chi connectivity index (χ3n) is 3.41. The monoisotopic (exact) mass is 334 g/mol. The van der Waals surface area contributed by atoms with Crippen molar-refractivity contribution in [2.45, 2.75) is 39.7 Å². The maximum Gasteiger partial charge on any atom is 0.168 e. The molecular formula is C16H19BrN2O. The number of ketones is 1. The molecule has 1 atom stereocenters. The Bertz CT molecular complexity index is 598. The second-order valence-electron chi connectivity index (χ2n) is 5.16. The van der Waals surface area contributed by atoms with Crippen LogP contribution in [0.2, 0.25) is 0 Å². The lowest BCUT2D eigenvalue weighted by Crippen LogP contribution is -2.08. The van der Waals surface area contributed by atoms with Gasteiger partial charge in [-0.1, -0.05) is 22.9 Å². The number of nitrogens with zero attached hydrogens (tertiary/aromatic N) is 2. The summed E-state index contributed by atoms with van der Waals surface area (Å²) in [5.74, 6) is 0.101. The third-order valence-corrected chi connectivity index (χ3v) is 3.87. The first-order valence-corrected chi connectivity index (χ1v) is 7.63. The van der Waals surface area contributed by atoms with Crippen molar-refractivity contribution in [1.29, 1.82) is 0 Å². The maximum absolute atomic E-state index is 12.3. The first kappa shape index (κ1) is 15.0. The molecule has 1 aromatic carbocycles. The Kier molecular flexibility index (Phi) is 4.76. The zero-order valence-corrected chi connectivity index (χ0v) is 13.6. The van der Waals surface area contributed by atoms with E-state index < -0.39 is 0 Å². The van der Waals surface area contributed by atoms with Gasteiger partial charge in [-0.15, -0.1) is 0 Å². The summed E-state index contributed by atoms with van der Waals surface area (Å²) in [5, 5.41) is 4.48. The number of aryl methyl sites for hydroxylation is 1. The Labute approximate surface area is 128 Å². The van der Waals surface area contributed by atoms with Crippen molar-refractivity contribution in [2.24, 2.45) is 0 Å². The summed E-state index contributed by atoms with van der Waals surface area (Å²) < 4.78 is 2.86. The highest BCUT2D eigenvalue weighted by Crippen LogP contribution is 2.17. The molecule has 0 radical (unpaired) electrons. The van der Waals surface area contributed by atoms with E-state index in [1.165, 1.54) is 0 Å². The minimum Gasteiger partial charge on any atom is -0.294 e. The normalized spacial score (nSPS) is 12.4. The lowest BCUT2D eigenvalue weighted by molar-refractivity contribution is 0.0991. The van der Waals surface area contributed by atoms with E-state index in [0.29, 0.717) is 12.5 Å². The van der Waals surface area contributed by atoms with E-state index in [9.17, 15) is 4.79 Å². The number of rotatable bonds is 5. The molecule has 0 aliphatic heterocycles. The number of carbonyl (C=O) groups is 1. The molecule has 1 aromatic heterocycles. The van der Waals surface area contributed by atoms with Crippen LogP contribution in [0.1, 0.15) is 47.9 Å². The summed E-state index contributed by atoms with van der Waals surface area (Å²) in [4.78, 5) is 12.3. The topological polar surface area (TPSA) is 34.9 Å². The molecule has 0 saturated carbocycles. The minimum absolute atomic E-state index is 0.101. The van der Waals surface area contributed by atoms with Crippen LogP contribution in [-0.4, -0.2) is 15.6 Å². The van der Waals surface area contributed by atoms with Crippen molar-refractivity contribution in [2.75, 3.05) is 0 Å². The van der Waals surface area contributed by atoms with Crippen LogP contribution in [0.3, 0.4) is 0 Å². The van der Waals surface area contributed by atoms with Gasteiger partial charge >= 0.3 is 0 Å². The SMILES string of the molecule is CCC(C)n1ccc(CC(=O)c2cc(C)cc(Br)c2)n1. The first-order valence-electron chi connectivity index (χ1n) is 6.84. The molecule has 0 aliphatic rings. The third kappa shape index (κ3) is 3.57. The van der Waals surface area contributed by atoms with Crippen molar-refractivity contribution < 1.29 is 4.79 Å². The van der Waals surface area contributed by atoms with Crippen molar-refractivity contribution in [3.05, 3.63) is 51.8 Å². The predicted octanol–water partition coefficient (Wildman–Crippen LogP) is 4.35. The summed E-state index contributed by atoms with van der Waals surface area (Å²) in [7, 11) is 0. The fraction of sp³-hybridized carbons (Fsp3) is 0.375. The Morgan fingerprint density at radius 2 is 2.15 bits per heavy atom. The van der Waals surface area contributed by atoms with E-state index >= 15 is 0 Å². The number of halogens is 1. The lowest BCUT2D eigenvalue weighted by Gasteiger charge is -2.08. The van der Waals surface area contributed by atoms with Gasteiger partial charge in [0.25, 0.3) is 0 Å². The maximum atomic E-state index is 12.3. The Morgan fingerprint density at radius 3 is 2.80 bits per heavy atom. The molecule has 0 spiro atoms. The van der Waals surface area contributed by atoms with Crippen LogP contribution >= 0.6 is 15.9 Å². The van der Waals surface area contributed by atoms with Crippen molar-refractivity contribution >= 4 is 21.7 Å². The molecule has 106 valence electrons. The highest BCUT2D eigenvalue weighted by molar-refractivity contribution is 9.10. The number of benzene rings is 1. The van der Waals surface area contributed by atoms with E-state index in [-0.39, 0.29) is 5.78 Å². The Morgan fingerprint density at radius 1 is 1.40 bits per heavy atom. The second-order valence-corrected chi connectivity index (χ2v) is 6.08. The van der Waals surface area contributed by atoms with E-state index in [1.807, 2.05) is 42.1 Å². The molecule has 2 rings (SSSR count). The molecule has 1 heterocycles.